The molecular formula is C12H12N4OS. The second-order valence-corrected chi connectivity index (χ2v) is 5.03. The summed E-state index contributed by atoms with van der Waals surface area (Å²) in [6.45, 7) is 0.638. The maximum atomic E-state index is 5.63. The number of ether oxygens (including phenoxy) is 1. The maximum Gasteiger partial charge on any atom is 0.120 e. The van der Waals surface area contributed by atoms with Crippen LogP contribution in [0.2, 0.25) is 0 Å². The molecule has 0 amide bonds. The highest BCUT2D eigenvalue weighted by Crippen LogP contribution is 2.26. The number of fused-ring (bicyclic) bond motifs is 1. The van der Waals surface area contributed by atoms with Crippen LogP contribution in [0, 0.1) is 0 Å². The predicted molar refractivity (Wildman–Crippen MR) is 71.9 cm³/mol. The van der Waals surface area contributed by atoms with E-state index in [-0.39, 0.29) is 0 Å². The standard InChI is InChI=1S/C12H12N4OS/c1-17-9-2-3-10-11(4-9)18-12(15-10)7-16-6-8(13)5-14-16/h2-6H,7,13H2,1H3. The zero-order chi connectivity index (χ0) is 12.5. The van der Waals surface area contributed by atoms with Gasteiger partial charge in [-0.25, -0.2) is 4.98 Å². The van der Waals surface area contributed by atoms with Crippen molar-refractivity contribution in [2.24, 2.45) is 0 Å². The number of methoxy groups -OCH3 is 1. The number of thiazole rings is 1. The van der Waals surface area contributed by atoms with Crippen LogP contribution in [0.1, 0.15) is 5.01 Å². The number of anilines is 1. The maximum absolute atomic E-state index is 5.63. The molecule has 0 atom stereocenters. The fraction of sp³-hybridized carbons (Fsp3) is 0.167. The van der Waals surface area contributed by atoms with E-state index in [9.17, 15) is 0 Å². The van der Waals surface area contributed by atoms with Crippen molar-refractivity contribution in [1.82, 2.24) is 14.8 Å². The topological polar surface area (TPSA) is 66.0 Å². The Morgan fingerprint density at radius 3 is 3.06 bits per heavy atom. The molecule has 1 aromatic carbocycles. The van der Waals surface area contributed by atoms with E-state index in [1.165, 1.54) is 0 Å². The summed E-state index contributed by atoms with van der Waals surface area (Å²) < 4.78 is 8.10. The Labute approximate surface area is 108 Å². The number of rotatable bonds is 3. The molecule has 3 rings (SSSR count). The third kappa shape index (κ3) is 2.02. The molecule has 0 aliphatic carbocycles. The van der Waals surface area contributed by atoms with Gasteiger partial charge in [0, 0.05) is 6.20 Å². The van der Waals surface area contributed by atoms with E-state index in [0.29, 0.717) is 12.2 Å². The zero-order valence-electron chi connectivity index (χ0n) is 9.83. The summed E-state index contributed by atoms with van der Waals surface area (Å²) in [6.07, 6.45) is 3.43. The van der Waals surface area contributed by atoms with E-state index in [1.54, 1.807) is 35.5 Å². The van der Waals surface area contributed by atoms with Gasteiger partial charge in [0.25, 0.3) is 0 Å². The van der Waals surface area contributed by atoms with Crippen molar-refractivity contribution in [3.63, 3.8) is 0 Å². The van der Waals surface area contributed by atoms with Gasteiger partial charge in [0.2, 0.25) is 0 Å². The molecule has 0 unspecified atom stereocenters. The van der Waals surface area contributed by atoms with Gasteiger partial charge in [0.05, 0.1) is 35.8 Å². The summed E-state index contributed by atoms with van der Waals surface area (Å²) in [4.78, 5) is 4.55. The predicted octanol–water partition coefficient (Wildman–Crippen LogP) is 2.13. The minimum Gasteiger partial charge on any atom is -0.497 e. The average molecular weight is 260 g/mol. The molecule has 18 heavy (non-hydrogen) atoms. The van der Waals surface area contributed by atoms with E-state index in [0.717, 1.165) is 21.0 Å². The Morgan fingerprint density at radius 2 is 2.33 bits per heavy atom. The second kappa shape index (κ2) is 4.30. The van der Waals surface area contributed by atoms with Gasteiger partial charge in [0.15, 0.2) is 0 Å². The molecule has 2 aromatic heterocycles. The molecule has 0 fully saturated rings. The summed E-state index contributed by atoms with van der Waals surface area (Å²) in [5.41, 5.74) is 7.28. The number of hydrogen-bond acceptors (Lipinski definition) is 5. The molecule has 0 bridgehead atoms. The Balaban J connectivity index is 1.93. The van der Waals surface area contributed by atoms with E-state index in [4.69, 9.17) is 10.5 Å². The molecule has 92 valence electrons. The van der Waals surface area contributed by atoms with Crippen molar-refractivity contribution in [2.75, 3.05) is 12.8 Å². The molecule has 6 heteroatoms. The van der Waals surface area contributed by atoms with Gasteiger partial charge in [0.1, 0.15) is 10.8 Å². The van der Waals surface area contributed by atoms with E-state index < -0.39 is 0 Å². The summed E-state index contributed by atoms with van der Waals surface area (Å²) >= 11 is 1.64. The van der Waals surface area contributed by atoms with Crippen molar-refractivity contribution in [2.45, 2.75) is 6.54 Å². The molecular weight excluding hydrogens is 248 g/mol. The first-order chi connectivity index (χ1) is 8.74. The lowest BCUT2D eigenvalue weighted by Crippen LogP contribution is -1.98. The van der Waals surface area contributed by atoms with Gasteiger partial charge in [-0.3, -0.25) is 4.68 Å². The van der Waals surface area contributed by atoms with Crippen LogP contribution in [0.25, 0.3) is 10.2 Å². The van der Waals surface area contributed by atoms with E-state index in [2.05, 4.69) is 10.1 Å². The molecule has 0 radical (unpaired) electrons. The van der Waals surface area contributed by atoms with Crippen LogP contribution in [-0.2, 0) is 6.54 Å². The van der Waals surface area contributed by atoms with Crippen LogP contribution in [-0.4, -0.2) is 21.9 Å². The lowest BCUT2D eigenvalue weighted by atomic mass is 10.3. The van der Waals surface area contributed by atoms with Crippen molar-refractivity contribution in [3.8, 4) is 5.75 Å². The van der Waals surface area contributed by atoms with Gasteiger partial charge in [-0.1, -0.05) is 0 Å². The van der Waals surface area contributed by atoms with Crippen LogP contribution >= 0.6 is 11.3 Å². The largest absolute Gasteiger partial charge is 0.497 e. The highest BCUT2D eigenvalue weighted by molar-refractivity contribution is 7.18. The number of hydrogen-bond donors (Lipinski definition) is 1. The summed E-state index contributed by atoms with van der Waals surface area (Å²) in [5.74, 6) is 0.848. The number of nitrogens with two attached hydrogens (primary N) is 1. The van der Waals surface area contributed by atoms with Crippen LogP contribution < -0.4 is 10.5 Å². The lowest BCUT2D eigenvalue weighted by Gasteiger charge is -1.96. The molecule has 5 nitrogen and oxygen atoms in total. The van der Waals surface area contributed by atoms with Gasteiger partial charge < -0.3 is 10.5 Å². The summed E-state index contributed by atoms with van der Waals surface area (Å²) in [5, 5.41) is 5.15. The van der Waals surface area contributed by atoms with Gasteiger partial charge in [-0.2, -0.15) is 5.10 Å². The highest BCUT2D eigenvalue weighted by Gasteiger charge is 2.06. The summed E-state index contributed by atoms with van der Waals surface area (Å²) in [6, 6.07) is 5.87. The minimum atomic E-state index is 0.638. The Hall–Kier alpha value is -2.08. The molecule has 0 aliphatic heterocycles. The molecule has 0 aliphatic rings. The van der Waals surface area contributed by atoms with Crippen LogP contribution in [0.15, 0.2) is 30.6 Å². The SMILES string of the molecule is COc1ccc2nc(Cn3cc(N)cn3)sc2c1. The number of benzene rings is 1. The van der Waals surface area contributed by atoms with Gasteiger partial charge in [-0.05, 0) is 18.2 Å². The van der Waals surface area contributed by atoms with E-state index in [1.807, 2.05) is 18.2 Å². The highest BCUT2D eigenvalue weighted by atomic mass is 32.1. The molecule has 2 N–H and O–H groups in total. The van der Waals surface area contributed by atoms with Crippen molar-refractivity contribution in [3.05, 3.63) is 35.6 Å². The van der Waals surface area contributed by atoms with Crippen molar-refractivity contribution >= 4 is 27.2 Å². The lowest BCUT2D eigenvalue weighted by molar-refractivity contribution is 0.415. The normalized spacial score (nSPS) is 10.9. The monoisotopic (exact) mass is 260 g/mol. The second-order valence-electron chi connectivity index (χ2n) is 3.91. The van der Waals surface area contributed by atoms with Crippen LogP contribution in [0.4, 0.5) is 5.69 Å². The molecule has 2 heterocycles. The Kier molecular flexibility index (Phi) is 2.64. The zero-order valence-corrected chi connectivity index (χ0v) is 10.6. The average Bonchev–Trinajstić information content (AvgIpc) is 2.94. The third-order valence-electron chi connectivity index (χ3n) is 2.59. The van der Waals surface area contributed by atoms with Crippen molar-refractivity contribution < 1.29 is 4.74 Å². The van der Waals surface area contributed by atoms with Crippen LogP contribution in [0.5, 0.6) is 5.75 Å². The van der Waals surface area contributed by atoms with Gasteiger partial charge in [-0.15, -0.1) is 11.3 Å². The Bertz CT molecular complexity index is 688. The Morgan fingerprint density at radius 1 is 1.44 bits per heavy atom. The van der Waals surface area contributed by atoms with Crippen molar-refractivity contribution in [1.29, 1.82) is 0 Å². The first-order valence-corrected chi connectivity index (χ1v) is 6.27. The number of aromatic nitrogens is 3. The smallest absolute Gasteiger partial charge is 0.120 e. The first-order valence-electron chi connectivity index (χ1n) is 5.46. The molecule has 0 saturated carbocycles. The minimum absolute atomic E-state index is 0.638. The quantitative estimate of drug-likeness (QED) is 0.783. The number of nitrogens with zero attached hydrogens (tertiary/aromatic N) is 3. The third-order valence-corrected chi connectivity index (χ3v) is 3.59. The number of nitrogen functional groups attached to an aromatic ring is 1. The summed E-state index contributed by atoms with van der Waals surface area (Å²) in [7, 11) is 1.66. The van der Waals surface area contributed by atoms with E-state index >= 15 is 0 Å². The van der Waals surface area contributed by atoms with Crippen LogP contribution in [0.3, 0.4) is 0 Å². The molecule has 0 saturated heterocycles. The fourth-order valence-electron chi connectivity index (χ4n) is 1.75. The molecule has 3 aromatic rings. The van der Waals surface area contributed by atoms with Gasteiger partial charge >= 0.3 is 0 Å². The molecule has 0 spiro atoms. The fourth-order valence-corrected chi connectivity index (χ4v) is 2.74. The first kappa shape index (κ1) is 11.0.